The van der Waals surface area contributed by atoms with Crippen molar-refractivity contribution in [3.8, 4) is 23.0 Å². The fourth-order valence-corrected chi connectivity index (χ4v) is 6.28. The van der Waals surface area contributed by atoms with Gasteiger partial charge in [-0.25, -0.2) is 13.6 Å². The number of methoxy groups -OCH3 is 2. The molecule has 2 atom stereocenters. The number of nitrogens with zero attached hydrogens (tertiary/aromatic N) is 1. The molecule has 264 valence electrons. The number of hydrogen-bond acceptors (Lipinski definition) is 12. The molecule has 0 unspecified atom stereocenters. The first-order valence-corrected chi connectivity index (χ1v) is 16.3. The number of ether oxygens (including phenoxy) is 5. The third-order valence-corrected chi connectivity index (χ3v) is 9.07. The Morgan fingerprint density at radius 1 is 0.959 bits per heavy atom. The van der Waals surface area contributed by atoms with Gasteiger partial charge in [-0.05, 0) is 17.7 Å². The third kappa shape index (κ3) is 8.48. The number of fused-ring (bicyclic) bond motifs is 2. The molecule has 49 heavy (non-hydrogen) atoms. The van der Waals surface area contributed by atoms with Crippen LogP contribution in [0, 0.1) is 23.5 Å². The second-order valence-corrected chi connectivity index (χ2v) is 12.6. The number of carboxylic acid groups (broad SMARTS) is 1. The Balaban J connectivity index is 1.40. The lowest BCUT2D eigenvalue weighted by atomic mass is 10.0. The first kappa shape index (κ1) is 37.1. The molecule has 0 fully saturated rings. The predicted molar refractivity (Wildman–Crippen MR) is 175 cm³/mol. The number of esters is 1. The molecule has 1 aromatic heterocycles. The number of carbonyl (C=O) groups is 3. The summed E-state index contributed by atoms with van der Waals surface area (Å²) in [5.41, 5.74) is 6.34. The third-order valence-electron chi connectivity index (χ3n) is 7.95. The highest BCUT2D eigenvalue weighted by molar-refractivity contribution is 7.20. The summed E-state index contributed by atoms with van der Waals surface area (Å²) in [5.74, 6) is -3.10. The quantitative estimate of drug-likeness (QED) is 0.0798. The molecule has 2 heterocycles. The molecular weight excluding hydrogens is 666 g/mol. The van der Waals surface area contributed by atoms with Gasteiger partial charge in [0, 0.05) is 60.6 Å². The number of carboxylic acids is 1. The lowest BCUT2D eigenvalue weighted by Crippen LogP contribution is -2.21. The summed E-state index contributed by atoms with van der Waals surface area (Å²) in [6, 6.07) is 4.58. The maximum atomic E-state index is 15.7. The molecule has 3 N–H and O–H groups in total. The van der Waals surface area contributed by atoms with Gasteiger partial charge in [0.1, 0.15) is 18.2 Å². The average molecular weight is 705 g/mol. The van der Waals surface area contributed by atoms with Gasteiger partial charge in [-0.15, -0.1) is 11.3 Å². The van der Waals surface area contributed by atoms with Crippen LogP contribution in [0.5, 0.6) is 23.0 Å². The van der Waals surface area contributed by atoms with E-state index in [0.29, 0.717) is 10.3 Å². The SMILES string of the molecule is COc1cc2c(c(F)c1OCCCOc1c(OC)cc3sc(C(=O)C[C@H](C)C(=O)OCCN)cc3c1F)CN(C(=C=O)C[C@H](C)C(=O)O)C2. The van der Waals surface area contributed by atoms with E-state index in [1.165, 1.54) is 27.2 Å². The van der Waals surface area contributed by atoms with Crippen molar-refractivity contribution in [1.82, 2.24) is 4.90 Å². The molecule has 0 aliphatic carbocycles. The normalized spacial score (nSPS) is 13.3. The first-order valence-electron chi connectivity index (χ1n) is 15.5. The summed E-state index contributed by atoms with van der Waals surface area (Å²) in [6.07, 6.45) is 0.0460. The van der Waals surface area contributed by atoms with Gasteiger partial charge >= 0.3 is 11.9 Å². The van der Waals surface area contributed by atoms with E-state index in [1.807, 2.05) is 0 Å². The van der Waals surface area contributed by atoms with Crippen molar-refractivity contribution in [1.29, 1.82) is 0 Å². The Hall–Kier alpha value is -4.72. The number of hydrogen-bond donors (Lipinski definition) is 2. The molecular formula is C34H38F2N2O10S. The van der Waals surface area contributed by atoms with E-state index in [9.17, 15) is 24.3 Å². The number of halogens is 2. The Morgan fingerprint density at radius 3 is 2.22 bits per heavy atom. The smallest absolute Gasteiger partial charge is 0.309 e. The van der Waals surface area contributed by atoms with Crippen molar-refractivity contribution in [2.24, 2.45) is 17.6 Å². The number of allylic oxidation sites excluding steroid dienone is 1. The zero-order valence-electron chi connectivity index (χ0n) is 27.6. The van der Waals surface area contributed by atoms with Gasteiger partial charge in [0.15, 0.2) is 40.4 Å². The molecule has 3 aromatic rings. The molecule has 0 saturated heterocycles. The van der Waals surface area contributed by atoms with Crippen LogP contribution in [0.3, 0.4) is 0 Å². The van der Waals surface area contributed by atoms with Gasteiger partial charge in [-0.2, -0.15) is 0 Å². The van der Waals surface area contributed by atoms with E-state index in [0.717, 1.165) is 11.3 Å². The van der Waals surface area contributed by atoms with Crippen LogP contribution in [0.2, 0.25) is 0 Å². The molecule has 12 nitrogen and oxygen atoms in total. The second kappa shape index (κ2) is 16.6. The van der Waals surface area contributed by atoms with Gasteiger partial charge in [-0.1, -0.05) is 13.8 Å². The highest BCUT2D eigenvalue weighted by atomic mass is 32.1. The van der Waals surface area contributed by atoms with E-state index >= 15 is 8.78 Å². The van der Waals surface area contributed by atoms with Crippen LogP contribution in [-0.2, 0) is 32.2 Å². The van der Waals surface area contributed by atoms with Crippen LogP contribution in [0.4, 0.5) is 8.78 Å². The van der Waals surface area contributed by atoms with Gasteiger partial charge < -0.3 is 39.4 Å². The molecule has 0 spiro atoms. The second-order valence-electron chi connectivity index (χ2n) is 11.5. The van der Waals surface area contributed by atoms with E-state index in [1.54, 1.807) is 29.9 Å². The Bertz CT molecular complexity index is 1770. The van der Waals surface area contributed by atoms with Crippen molar-refractivity contribution in [3.63, 3.8) is 0 Å². The van der Waals surface area contributed by atoms with Crippen LogP contribution >= 0.6 is 11.3 Å². The number of rotatable bonds is 18. The molecule has 4 rings (SSSR count). The Kier molecular flexibility index (Phi) is 12.6. The van der Waals surface area contributed by atoms with Crippen LogP contribution < -0.4 is 24.7 Å². The minimum absolute atomic E-state index is 0.0271. The van der Waals surface area contributed by atoms with Crippen LogP contribution in [0.15, 0.2) is 23.9 Å². The number of ketones is 1. The van der Waals surface area contributed by atoms with E-state index < -0.39 is 35.4 Å². The minimum Gasteiger partial charge on any atom is -0.493 e. The fourth-order valence-electron chi connectivity index (χ4n) is 5.24. The molecule has 0 bridgehead atoms. The molecule has 0 saturated carbocycles. The monoisotopic (exact) mass is 704 g/mol. The van der Waals surface area contributed by atoms with Crippen molar-refractivity contribution in [2.45, 2.75) is 46.2 Å². The van der Waals surface area contributed by atoms with Gasteiger partial charge in [0.2, 0.25) is 0 Å². The largest absolute Gasteiger partial charge is 0.493 e. The van der Waals surface area contributed by atoms with Crippen molar-refractivity contribution >= 4 is 45.1 Å². The minimum atomic E-state index is -1.06. The Labute approximate surface area is 285 Å². The van der Waals surface area contributed by atoms with Gasteiger partial charge in [-0.3, -0.25) is 14.4 Å². The fraction of sp³-hybridized carbons (Fsp3) is 0.441. The van der Waals surface area contributed by atoms with Crippen LogP contribution in [0.25, 0.3) is 10.1 Å². The summed E-state index contributed by atoms with van der Waals surface area (Å²) in [7, 11) is 2.72. The van der Waals surface area contributed by atoms with Crippen LogP contribution in [-0.4, -0.2) is 74.3 Å². The lowest BCUT2D eigenvalue weighted by molar-refractivity contribution is -0.147. The number of nitrogens with two attached hydrogens (primary N) is 1. The van der Waals surface area contributed by atoms with Crippen molar-refractivity contribution < 1.29 is 56.7 Å². The standard InChI is InChI=1S/C34H38F2N2O10S/c1-18(33(41)42)10-21(17-39)38-15-20-12-25(44-3)31(30(36)23(20)16-38)46-7-5-8-47-32-26(45-4)14-27-22(29(32)35)13-28(49-27)24(40)11-19(2)34(43)48-9-6-37/h12-14,18-19H,5-11,15-16,37H2,1-4H3,(H,41,42)/t18-,19-/m0/s1. The van der Waals surface area contributed by atoms with E-state index in [2.05, 4.69) is 0 Å². The van der Waals surface area contributed by atoms with E-state index in [-0.39, 0.29) is 109 Å². The summed E-state index contributed by atoms with van der Waals surface area (Å²) < 4.78 is 58.9. The predicted octanol–water partition coefficient (Wildman–Crippen LogP) is 4.90. The summed E-state index contributed by atoms with van der Waals surface area (Å²) in [5, 5.41) is 9.38. The number of Topliss-reactive ketones (excluding diaryl/α,β-unsaturated/α-hetero) is 1. The first-order chi connectivity index (χ1) is 23.4. The molecule has 1 aliphatic rings. The van der Waals surface area contributed by atoms with Crippen molar-refractivity contribution in [2.75, 3.05) is 40.6 Å². The number of carbonyl (C=O) groups excluding carboxylic acids is 3. The zero-order valence-corrected chi connectivity index (χ0v) is 28.4. The summed E-state index contributed by atoms with van der Waals surface area (Å²) in [4.78, 5) is 49.6. The molecule has 0 amide bonds. The Morgan fingerprint density at radius 2 is 1.61 bits per heavy atom. The van der Waals surface area contributed by atoms with E-state index in [4.69, 9.17) is 29.4 Å². The highest BCUT2D eigenvalue weighted by Gasteiger charge is 2.31. The molecule has 0 radical (unpaired) electrons. The highest BCUT2D eigenvalue weighted by Crippen LogP contribution is 2.42. The molecule has 15 heteroatoms. The molecule has 1 aliphatic heterocycles. The number of aliphatic carboxylic acids is 1. The molecule has 2 aromatic carbocycles. The average Bonchev–Trinajstić information content (AvgIpc) is 3.72. The summed E-state index contributed by atoms with van der Waals surface area (Å²) in [6.45, 7) is 3.41. The number of benzene rings is 2. The maximum absolute atomic E-state index is 15.7. The van der Waals surface area contributed by atoms with Crippen LogP contribution in [0.1, 0.15) is 53.9 Å². The zero-order chi connectivity index (χ0) is 35.8. The lowest BCUT2D eigenvalue weighted by Gasteiger charge is -2.19. The summed E-state index contributed by atoms with van der Waals surface area (Å²) >= 11 is 1.07. The maximum Gasteiger partial charge on any atom is 0.309 e. The van der Waals surface area contributed by atoms with Gasteiger partial charge in [0.05, 0.1) is 44.1 Å². The topological polar surface area (TPSA) is 164 Å². The number of thiophene rings is 1. The van der Waals surface area contributed by atoms with Gasteiger partial charge in [0.25, 0.3) is 0 Å². The van der Waals surface area contributed by atoms with Crippen molar-refractivity contribution in [3.05, 3.63) is 51.5 Å².